The van der Waals surface area contributed by atoms with Gasteiger partial charge in [0.15, 0.2) is 0 Å². The maximum atomic E-state index is 8.55. The van der Waals surface area contributed by atoms with Crippen LogP contribution in [0.3, 0.4) is 0 Å². The number of phosphoric acid groups is 1. The first kappa shape index (κ1) is 15.9. The first-order valence-electron chi connectivity index (χ1n) is 0.730. The van der Waals surface area contributed by atoms with Crippen molar-refractivity contribution >= 4 is 7.82 Å². The molecule has 0 aliphatic heterocycles. The van der Waals surface area contributed by atoms with Crippen molar-refractivity contribution in [3.63, 3.8) is 0 Å². The third kappa shape index (κ3) is 84.6. The Bertz CT molecular complexity index is 57.8. The van der Waals surface area contributed by atoms with Crippen molar-refractivity contribution in [3.8, 4) is 0 Å². The van der Waals surface area contributed by atoms with Crippen LogP contribution in [0.2, 0.25) is 0 Å². The Morgan fingerprint density at radius 3 is 1.14 bits per heavy atom. The van der Waals surface area contributed by atoms with E-state index in [1.165, 1.54) is 0 Å². The van der Waals surface area contributed by atoms with E-state index < -0.39 is 7.82 Å². The largest absolute Gasteiger partial charge is 2.00 e. The van der Waals surface area contributed by atoms with Gasteiger partial charge in [-0.1, -0.05) is 0 Å². The van der Waals surface area contributed by atoms with Gasteiger partial charge in [0.25, 0.3) is 0 Å². The Labute approximate surface area is 75.2 Å². The Kier molecular flexibility index (Phi) is 13.3. The second-order valence-electron chi connectivity index (χ2n) is 0.447. The summed E-state index contributed by atoms with van der Waals surface area (Å²) < 4.78 is 8.55. The van der Waals surface area contributed by atoms with Gasteiger partial charge in [-0.05, 0) is 0 Å². The van der Waals surface area contributed by atoms with E-state index in [1.54, 1.807) is 0 Å². The van der Waals surface area contributed by atoms with Crippen LogP contribution in [0.4, 0.5) is 0 Å². The van der Waals surface area contributed by atoms with Crippen LogP contribution in [0, 0.1) is 0 Å². The molecule has 0 atom stereocenters. The van der Waals surface area contributed by atoms with E-state index in [0.717, 1.165) is 0 Å². The number of hydrogen-bond donors (Lipinski definition) is 0. The summed E-state index contributed by atoms with van der Waals surface area (Å²) in [5.74, 6) is 0. The molecule has 0 fully saturated rings. The molecule has 0 aliphatic rings. The fourth-order valence-electron chi connectivity index (χ4n) is 0. The molecule has 44 valence electrons. The van der Waals surface area contributed by atoms with Gasteiger partial charge in [0.2, 0.25) is 0 Å². The van der Waals surface area contributed by atoms with E-state index in [9.17, 15) is 0 Å². The van der Waals surface area contributed by atoms with Crippen LogP contribution in [-0.2, 0) is 53.1 Å². The molecule has 0 N–H and O–H groups in total. The fourth-order valence-corrected chi connectivity index (χ4v) is 0. The molecule has 0 saturated carbocycles. The predicted molar refractivity (Wildman–Crippen MR) is 7.61 cm³/mol. The monoisotopic (exact) mass is 292 g/mol. The van der Waals surface area contributed by atoms with Gasteiger partial charge in [-0.3, -0.25) is 0 Å². The van der Waals surface area contributed by atoms with Crippen LogP contribution < -0.4 is 14.7 Å². The third-order valence-electron chi connectivity index (χ3n) is 0. The SMILES string of the molecule is O=P([O-])([O-])[O-].[Ag+].[Zr+2]. The van der Waals surface area contributed by atoms with Crippen LogP contribution >= 0.6 is 7.82 Å². The Morgan fingerprint density at radius 2 is 1.14 bits per heavy atom. The van der Waals surface area contributed by atoms with Gasteiger partial charge in [0.1, 0.15) is 0 Å². The molecule has 0 spiro atoms. The zero-order valence-electron chi connectivity index (χ0n) is 2.88. The van der Waals surface area contributed by atoms with E-state index in [-0.39, 0.29) is 48.6 Å². The summed E-state index contributed by atoms with van der Waals surface area (Å²) in [4.78, 5) is 25.6. The van der Waals surface area contributed by atoms with Gasteiger partial charge in [-0.2, -0.15) is 7.82 Å². The van der Waals surface area contributed by atoms with Crippen molar-refractivity contribution < 1.29 is 67.8 Å². The van der Waals surface area contributed by atoms with Crippen molar-refractivity contribution in [2.75, 3.05) is 0 Å². The summed E-state index contributed by atoms with van der Waals surface area (Å²) >= 11 is 0. The molecule has 0 aromatic carbocycles. The molecule has 0 aromatic rings. The fraction of sp³-hybridized carbons (Fsp3) is 0. The van der Waals surface area contributed by atoms with Gasteiger partial charge in [-0.15, -0.1) is 0 Å². The van der Waals surface area contributed by atoms with Crippen LogP contribution in [0.5, 0.6) is 0 Å². The maximum Gasteiger partial charge on any atom is 2.00 e. The van der Waals surface area contributed by atoms with E-state index in [4.69, 9.17) is 19.2 Å². The Balaban J connectivity index is -0.0000000800. The minimum atomic E-state index is -5.39. The summed E-state index contributed by atoms with van der Waals surface area (Å²) in [5.41, 5.74) is 0. The topological polar surface area (TPSA) is 86.2 Å². The zero-order valence-corrected chi connectivity index (χ0v) is 7.72. The summed E-state index contributed by atoms with van der Waals surface area (Å²) in [6.07, 6.45) is 0. The van der Waals surface area contributed by atoms with E-state index in [2.05, 4.69) is 0 Å². The second-order valence-corrected chi connectivity index (χ2v) is 1.34. The summed E-state index contributed by atoms with van der Waals surface area (Å²) in [6.45, 7) is 0. The van der Waals surface area contributed by atoms with Crippen LogP contribution in [0.15, 0.2) is 0 Å². The van der Waals surface area contributed by atoms with Crippen molar-refractivity contribution in [1.29, 1.82) is 0 Å². The molecular weight excluding hydrogens is 294 g/mol. The van der Waals surface area contributed by atoms with Crippen molar-refractivity contribution in [2.24, 2.45) is 0 Å². The minimum Gasteiger partial charge on any atom is -0.822 e. The molecule has 0 aliphatic carbocycles. The van der Waals surface area contributed by atoms with Crippen molar-refractivity contribution in [3.05, 3.63) is 0 Å². The van der Waals surface area contributed by atoms with Gasteiger partial charge in [0.05, 0.1) is 0 Å². The summed E-state index contributed by atoms with van der Waals surface area (Å²) in [6, 6.07) is 0. The van der Waals surface area contributed by atoms with E-state index >= 15 is 0 Å². The molecule has 0 bridgehead atoms. The molecule has 0 rings (SSSR count). The molecule has 0 aromatic heterocycles. The molecule has 0 saturated heterocycles. The minimum absolute atomic E-state index is 0. The van der Waals surface area contributed by atoms with Gasteiger partial charge in [0, 0.05) is 0 Å². The number of rotatable bonds is 0. The van der Waals surface area contributed by atoms with E-state index in [1.807, 2.05) is 0 Å². The molecule has 0 unspecified atom stereocenters. The first-order chi connectivity index (χ1) is 2.00. The first-order valence-corrected chi connectivity index (χ1v) is 2.19. The molecule has 0 amide bonds. The van der Waals surface area contributed by atoms with Gasteiger partial charge < -0.3 is 19.2 Å². The van der Waals surface area contributed by atoms with Gasteiger partial charge >= 0.3 is 48.6 Å². The smallest absolute Gasteiger partial charge is 0.822 e. The standard InChI is InChI=1S/Ag.H3O4P.Zr/c;1-5(2,3)4;/h;(H3,1,2,3,4);/q+1;;+2/p-3. The zero-order chi connectivity index (χ0) is 4.50. The molecule has 0 radical (unpaired) electrons. The molecule has 7 heavy (non-hydrogen) atoms. The normalized spacial score (nSPS) is 8.43. The molecular formula is AgO4PZr. The molecule has 4 nitrogen and oxygen atoms in total. The van der Waals surface area contributed by atoms with Crippen molar-refractivity contribution in [2.45, 2.75) is 0 Å². The summed E-state index contributed by atoms with van der Waals surface area (Å²) in [7, 11) is -5.39. The van der Waals surface area contributed by atoms with Crippen LogP contribution in [0.1, 0.15) is 0 Å². The summed E-state index contributed by atoms with van der Waals surface area (Å²) in [5, 5.41) is 0. The second kappa shape index (κ2) is 5.86. The van der Waals surface area contributed by atoms with Crippen LogP contribution in [0.25, 0.3) is 0 Å². The molecule has 7 heteroatoms. The van der Waals surface area contributed by atoms with Gasteiger partial charge in [-0.25, -0.2) is 0 Å². The Morgan fingerprint density at radius 1 is 1.14 bits per heavy atom. The average Bonchev–Trinajstić information content (AvgIpc) is 0.722. The van der Waals surface area contributed by atoms with Crippen molar-refractivity contribution in [1.82, 2.24) is 0 Å². The predicted octanol–water partition coefficient (Wildman–Crippen LogP) is -2.83. The third-order valence-corrected chi connectivity index (χ3v) is 0. The van der Waals surface area contributed by atoms with E-state index in [0.29, 0.717) is 0 Å². The Hall–Kier alpha value is 1.73. The molecule has 0 heterocycles. The van der Waals surface area contributed by atoms with Crippen LogP contribution in [-0.4, -0.2) is 0 Å². The average molecular weight is 294 g/mol. The number of hydrogen-bond acceptors (Lipinski definition) is 4. The quantitative estimate of drug-likeness (QED) is 0.356. The maximum absolute atomic E-state index is 8.55.